The molecule has 1 aliphatic carbocycles. The molecule has 2 aromatic rings. The molecule has 310 valence electrons. The summed E-state index contributed by atoms with van der Waals surface area (Å²) in [6.45, 7) is 6.53. The number of halogens is 3. The zero-order valence-electron chi connectivity index (χ0n) is 32.6. The minimum Gasteiger partial charge on any atom is -0.493 e. The van der Waals surface area contributed by atoms with Crippen LogP contribution in [0.4, 0.5) is 13.2 Å². The van der Waals surface area contributed by atoms with Gasteiger partial charge in [0.1, 0.15) is 18.9 Å². The van der Waals surface area contributed by atoms with Crippen LogP contribution < -0.4 is 19.5 Å². The molecule has 0 saturated heterocycles. The Morgan fingerprint density at radius 2 is 1.79 bits per heavy atom. The molecule has 2 aromatic carbocycles. The Morgan fingerprint density at radius 1 is 1.00 bits per heavy atom. The number of methoxy groups -OCH3 is 1. The fourth-order valence-electron chi connectivity index (χ4n) is 5.14. The predicted octanol–water partition coefficient (Wildman–Crippen LogP) is 9.11. The standard InChI is InChI=1S/C17H21F3O.C17H20N2O9.C7H14/c1-13-6-4-8-14(13)7-2-3-11-21-16-10-5-9-15(12-16)17(18,19)20;1-25-15-10-13(6-7-14(15)28-17(22)11-18-12-20)4-2-8-26-16(21)5-3-9-27-19(23)24;1-3-5-7-6-4-2/h2,5,7,9-10,12-14H,3-4,6,8,11H2,1H3;2,4,6-7,10,12H,3,5,8-9,11H2,1H3,(H,18,20);3,5H,4,6-7H2,1-2H3/b7-2+;4-2+;5-3-. The van der Waals surface area contributed by atoms with E-state index >= 15 is 0 Å². The van der Waals surface area contributed by atoms with Gasteiger partial charge in [0.25, 0.3) is 5.09 Å². The maximum absolute atomic E-state index is 12.6. The molecule has 0 bridgehead atoms. The second-order valence-electron chi connectivity index (χ2n) is 12.5. The summed E-state index contributed by atoms with van der Waals surface area (Å²) in [6, 6.07) is 9.82. The predicted molar refractivity (Wildman–Crippen MR) is 206 cm³/mol. The summed E-state index contributed by atoms with van der Waals surface area (Å²) in [6.07, 6.45) is 16.6. The van der Waals surface area contributed by atoms with Gasteiger partial charge in [0.15, 0.2) is 11.5 Å². The molecular weight excluding hydrogens is 737 g/mol. The van der Waals surface area contributed by atoms with Crippen LogP contribution in [-0.4, -0.2) is 56.9 Å². The monoisotopic (exact) mass is 792 g/mol. The first-order valence-corrected chi connectivity index (χ1v) is 18.6. The van der Waals surface area contributed by atoms with Crippen molar-refractivity contribution in [2.45, 2.75) is 84.7 Å². The summed E-state index contributed by atoms with van der Waals surface area (Å²) in [5.74, 6) is 1.02. The number of allylic oxidation sites excluding steroid dienone is 3. The van der Waals surface area contributed by atoms with Crippen LogP contribution in [0.25, 0.3) is 6.08 Å². The fraction of sp³-hybridized carbons (Fsp3) is 0.488. The number of amides is 1. The fourth-order valence-corrected chi connectivity index (χ4v) is 5.14. The van der Waals surface area contributed by atoms with Crippen molar-refractivity contribution in [3.63, 3.8) is 0 Å². The number of carbonyl (C=O) groups is 3. The zero-order valence-corrected chi connectivity index (χ0v) is 32.6. The van der Waals surface area contributed by atoms with E-state index in [0.29, 0.717) is 30.2 Å². The van der Waals surface area contributed by atoms with E-state index in [9.17, 15) is 37.7 Å². The van der Waals surface area contributed by atoms with Crippen molar-refractivity contribution >= 4 is 24.4 Å². The van der Waals surface area contributed by atoms with Gasteiger partial charge in [-0.3, -0.25) is 9.59 Å². The van der Waals surface area contributed by atoms with Gasteiger partial charge in [0, 0.05) is 6.42 Å². The lowest BCUT2D eigenvalue weighted by Crippen LogP contribution is -2.25. The highest BCUT2D eigenvalue weighted by Crippen LogP contribution is 2.33. The number of alkyl halides is 3. The van der Waals surface area contributed by atoms with E-state index in [1.807, 2.05) is 0 Å². The molecule has 12 nitrogen and oxygen atoms in total. The van der Waals surface area contributed by atoms with Crippen LogP contribution in [0.5, 0.6) is 17.2 Å². The summed E-state index contributed by atoms with van der Waals surface area (Å²) < 4.78 is 58.2. The minimum atomic E-state index is -4.32. The summed E-state index contributed by atoms with van der Waals surface area (Å²) in [5.41, 5.74) is 0.0356. The van der Waals surface area contributed by atoms with Crippen LogP contribution in [0.1, 0.15) is 89.7 Å². The van der Waals surface area contributed by atoms with Crippen molar-refractivity contribution in [1.29, 1.82) is 0 Å². The van der Waals surface area contributed by atoms with Crippen molar-refractivity contribution in [1.82, 2.24) is 5.32 Å². The molecule has 0 aromatic heterocycles. The number of unbranched alkanes of at least 4 members (excludes halogenated alkanes) is 2. The SMILES string of the molecule is C/C=C\CCCC.CC1CCCC1/C=C/CCOc1cccc(C(F)(F)F)c1.COc1cc(/C=C/COC(=O)CCCO[N+](=O)[O-])ccc1OC(=O)CNC=O. The Hall–Kier alpha value is -5.34. The number of ether oxygens (including phenoxy) is 4. The molecule has 2 atom stereocenters. The first-order chi connectivity index (χ1) is 26.8. The van der Waals surface area contributed by atoms with Gasteiger partial charge in [0.2, 0.25) is 6.41 Å². The number of carbonyl (C=O) groups excluding carboxylic acids is 3. The average Bonchev–Trinajstić information content (AvgIpc) is 3.59. The maximum atomic E-state index is 12.6. The Balaban J connectivity index is 0.000000490. The van der Waals surface area contributed by atoms with Gasteiger partial charge in [-0.15, -0.1) is 10.1 Å². The molecule has 56 heavy (non-hydrogen) atoms. The molecular formula is C41H55F3N2O10. The number of nitrogens with one attached hydrogen (secondary N) is 1. The van der Waals surface area contributed by atoms with Crippen molar-refractivity contribution in [3.05, 3.63) is 94.1 Å². The van der Waals surface area contributed by atoms with Crippen molar-refractivity contribution in [2.24, 2.45) is 11.8 Å². The number of hydrogen-bond acceptors (Lipinski definition) is 10. The largest absolute Gasteiger partial charge is 0.493 e. The van der Waals surface area contributed by atoms with Gasteiger partial charge in [-0.05, 0) is 86.4 Å². The average molecular weight is 793 g/mol. The van der Waals surface area contributed by atoms with Gasteiger partial charge in [-0.25, -0.2) is 4.79 Å². The Kier molecular flexibility index (Phi) is 25.2. The van der Waals surface area contributed by atoms with E-state index in [-0.39, 0.29) is 44.1 Å². The highest BCUT2D eigenvalue weighted by atomic mass is 19.4. The quantitative estimate of drug-likeness (QED) is 0.0246. The Labute approximate surface area is 327 Å². The second-order valence-corrected chi connectivity index (χ2v) is 12.5. The van der Waals surface area contributed by atoms with Gasteiger partial charge in [-0.2, -0.15) is 13.2 Å². The molecule has 3 rings (SSSR count). The van der Waals surface area contributed by atoms with Gasteiger partial charge in [0.05, 0.1) is 25.9 Å². The number of esters is 2. The topological polar surface area (TPSA) is 153 Å². The first kappa shape index (κ1) is 48.7. The Morgan fingerprint density at radius 3 is 2.43 bits per heavy atom. The van der Waals surface area contributed by atoms with Gasteiger partial charge < -0.3 is 29.1 Å². The number of hydrogen-bond donors (Lipinski definition) is 1. The normalized spacial score (nSPS) is 15.0. The molecule has 0 heterocycles. The first-order valence-electron chi connectivity index (χ1n) is 18.6. The number of rotatable bonds is 21. The molecule has 1 N–H and O–H groups in total. The molecule has 1 amide bonds. The minimum absolute atomic E-state index is 0.00846. The maximum Gasteiger partial charge on any atom is 0.416 e. The van der Waals surface area contributed by atoms with Crippen LogP contribution in [-0.2, 0) is 30.1 Å². The van der Waals surface area contributed by atoms with Crippen molar-refractivity contribution in [3.8, 4) is 17.2 Å². The lowest BCUT2D eigenvalue weighted by atomic mass is 9.97. The second kappa shape index (κ2) is 29.0. The third kappa shape index (κ3) is 22.8. The summed E-state index contributed by atoms with van der Waals surface area (Å²) in [4.78, 5) is 47.2. The van der Waals surface area contributed by atoms with Crippen molar-refractivity contribution in [2.75, 3.05) is 33.5 Å². The van der Waals surface area contributed by atoms with E-state index < -0.39 is 28.8 Å². The number of benzene rings is 2. The lowest BCUT2D eigenvalue weighted by molar-refractivity contribution is -0.757. The molecule has 2 unspecified atom stereocenters. The van der Waals surface area contributed by atoms with E-state index in [4.69, 9.17) is 18.9 Å². The molecule has 0 radical (unpaired) electrons. The van der Waals surface area contributed by atoms with E-state index in [0.717, 1.165) is 24.5 Å². The highest BCUT2D eigenvalue weighted by molar-refractivity contribution is 5.77. The van der Waals surface area contributed by atoms with E-state index in [1.54, 1.807) is 30.4 Å². The zero-order chi connectivity index (χ0) is 41.6. The third-order valence-corrected chi connectivity index (χ3v) is 8.10. The van der Waals surface area contributed by atoms with Crippen LogP contribution in [0.15, 0.2) is 72.8 Å². The van der Waals surface area contributed by atoms with E-state index in [2.05, 4.69) is 55.2 Å². The van der Waals surface area contributed by atoms with Gasteiger partial charge >= 0.3 is 18.1 Å². The number of nitrogens with zero attached hydrogens (tertiary/aromatic N) is 1. The molecule has 15 heteroatoms. The van der Waals surface area contributed by atoms with Crippen LogP contribution in [0, 0.1) is 22.0 Å². The van der Waals surface area contributed by atoms with Crippen molar-refractivity contribution < 1.29 is 56.4 Å². The van der Waals surface area contributed by atoms with Crippen LogP contribution in [0.2, 0.25) is 0 Å². The smallest absolute Gasteiger partial charge is 0.416 e. The lowest BCUT2D eigenvalue weighted by Gasteiger charge is -2.10. The summed E-state index contributed by atoms with van der Waals surface area (Å²) in [7, 11) is 1.41. The molecule has 0 aliphatic heterocycles. The van der Waals surface area contributed by atoms with E-state index in [1.165, 1.54) is 57.8 Å². The molecule has 1 fully saturated rings. The summed E-state index contributed by atoms with van der Waals surface area (Å²) in [5, 5.41) is 11.2. The van der Waals surface area contributed by atoms with Crippen LogP contribution in [0.3, 0.4) is 0 Å². The highest BCUT2D eigenvalue weighted by Gasteiger charge is 2.30. The van der Waals surface area contributed by atoms with Gasteiger partial charge in [-0.1, -0.05) is 82.0 Å². The third-order valence-electron chi connectivity index (χ3n) is 8.10. The molecule has 0 spiro atoms. The Bertz CT molecular complexity index is 1550. The molecule has 1 aliphatic rings. The summed E-state index contributed by atoms with van der Waals surface area (Å²) >= 11 is 0. The van der Waals surface area contributed by atoms with Crippen LogP contribution >= 0.6 is 0 Å². The molecule has 1 saturated carbocycles.